The molecule has 1 atom stereocenters. The minimum Gasteiger partial charge on any atom is -0.369 e. The molecule has 7 nitrogen and oxygen atoms in total. The number of anilines is 1. The molecule has 3 N–H and O–H groups in total. The van der Waals surface area contributed by atoms with Gasteiger partial charge in [-0.25, -0.2) is 4.79 Å². The fourth-order valence-corrected chi connectivity index (χ4v) is 3.30. The van der Waals surface area contributed by atoms with Gasteiger partial charge in [-0.05, 0) is 50.5 Å². The summed E-state index contributed by atoms with van der Waals surface area (Å²) in [5.41, 5.74) is 9.33. The Morgan fingerprint density at radius 3 is 2.62 bits per heavy atom. The summed E-state index contributed by atoms with van der Waals surface area (Å²) in [6, 6.07) is 9.58. The fourth-order valence-electron chi connectivity index (χ4n) is 3.30. The van der Waals surface area contributed by atoms with Crippen LogP contribution in [0, 0.1) is 19.8 Å². The van der Waals surface area contributed by atoms with Crippen LogP contribution in [0.2, 0.25) is 0 Å². The first-order valence-electron chi connectivity index (χ1n) is 8.87. The molecule has 0 spiro atoms. The summed E-state index contributed by atoms with van der Waals surface area (Å²) in [7, 11) is 0. The van der Waals surface area contributed by atoms with Crippen molar-refractivity contribution in [1.29, 1.82) is 0 Å². The van der Waals surface area contributed by atoms with E-state index in [2.05, 4.69) is 10.4 Å². The molecule has 1 aromatic carbocycles. The van der Waals surface area contributed by atoms with Gasteiger partial charge in [0.05, 0.1) is 18.2 Å². The summed E-state index contributed by atoms with van der Waals surface area (Å²) in [5, 5.41) is 7.35. The summed E-state index contributed by atoms with van der Waals surface area (Å²) < 4.78 is 1.96. The molecule has 0 aliphatic carbocycles. The zero-order valence-corrected chi connectivity index (χ0v) is 15.2. The highest BCUT2D eigenvalue weighted by Crippen LogP contribution is 2.18. The number of benzene rings is 1. The van der Waals surface area contributed by atoms with E-state index >= 15 is 0 Å². The number of rotatable bonds is 4. The fraction of sp³-hybridized carbons (Fsp3) is 0.421. The zero-order chi connectivity index (χ0) is 18.7. The molecule has 1 saturated heterocycles. The quantitative estimate of drug-likeness (QED) is 0.881. The largest absolute Gasteiger partial charge is 0.369 e. The first-order valence-corrected chi connectivity index (χ1v) is 8.87. The number of aromatic nitrogens is 2. The highest BCUT2D eigenvalue weighted by atomic mass is 16.2. The van der Waals surface area contributed by atoms with E-state index in [-0.39, 0.29) is 17.9 Å². The third-order valence-corrected chi connectivity index (χ3v) is 4.75. The second-order valence-electron chi connectivity index (χ2n) is 6.90. The molecule has 1 aromatic heterocycles. The van der Waals surface area contributed by atoms with Crippen molar-refractivity contribution in [1.82, 2.24) is 14.7 Å². The summed E-state index contributed by atoms with van der Waals surface area (Å²) in [6.07, 6.45) is 1.54. The van der Waals surface area contributed by atoms with E-state index in [1.807, 2.05) is 48.9 Å². The van der Waals surface area contributed by atoms with Crippen LogP contribution in [0.1, 0.15) is 29.8 Å². The van der Waals surface area contributed by atoms with Crippen molar-refractivity contribution in [3.63, 3.8) is 0 Å². The number of amides is 3. The number of nitrogens with zero attached hydrogens (tertiary/aromatic N) is 3. The van der Waals surface area contributed by atoms with E-state index in [9.17, 15) is 9.59 Å². The summed E-state index contributed by atoms with van der Waals surface area (Å²) >= 11 is 0. The summed E-state index contributed by atoms with van der Waals surface area (Å²) in [4.78, 5) is 25.4. The molecule has 3 rings (SSSR count). The molecular weight excluding hydrogens is 330 g/mol. The number of nitrogens with one attached hydrogen (secondary N) is 1. The Labute approximate surface area is 153 Å². The highest BCUT2D eigenvalue weighted by molar-refractivity contribution is 5.90. The molecule has 7 heteroatoms. The van der Waals surface area contributed by atoms with Crippen LogP contribution in [-0.2, 0) is 11.3 Å². The first kappa shape index (κ1) is 18.0. The first-order chi connectivity index (χ1) is 12.4. The molecule has 138 valence electrons. The predicted molar refractivity (Wildman–Crippen MR) is 99.8 cm³/mol. The third-order valence-electron chi connectivity index (χ3n) is 4.75. The van der Waals surface area contributed by atoms with Gasteiger partial charge in [-0.1, -0.05) is 12.1 Å². The van der Waals surface area contributed by atoms with Crippen LogP contribution in [0.4, 0.5) is 10.5 Å². The molecule has 2 heterocycles. The Morgan fingerprint density at radius 1 is 1.27 bits per heavy atom. The van der Waals surface area contributed by atoms with Crippen molar-refractivity contribution < 1.29 is 9.59 Å². The van der Waals surface area contributed by atoms with Crippen LogP contribution < -0.4 is 11.1 Å². The number of nitrogens with two attached hydrogens (primary N) is 1. The molecule has 2 aromatic rings. The van der Waals surface area contributed by atoms with Gasteiger partial charge in [0.25, 0.3) is 0 Å². The molecule has 1 aliphatic rings. The Bertz CT molecular complexity index is 797. The van der Waals surface area contributed by atoms with Gasteiger partial charge in [-0.3, -0.25) is 9.48 Å². The SMILES string of the molecule is Cc1cc(C)n(Cc2ccc(NC(=O)N3CCC[C@H](C(N)=O)C3)cc2)n1. The van der Waals surface area contributed by atoms with Gasteiger partial charge in [0, 0.05) is 24.5 Å². The molecule has 3 amide bonds. The van der Waals surface area contributed by atoms with Crippen LogP contribution in [0.3, 0.4) is 0 Å². The van der Waals surface area contributed by atoms with Gasteiger partial charge in [0.1, 0.15) is 0 Å². The lowest BCUT2D eigenvalue weighted by atomic mass is 9.98. The van der Waals surface area contributed by atoms with E-state index in [1.54, 1.807) is 4.90 Å². The van der Waals surface area contributed by atoms with Crippen LogP contribution >= 0.6 is 0 Å². The number of primary amides is 1. The second-order valence-corrected chi connectivity index (χ2v) is 6.90. The smallest absolute Gasteiger partial charge is 0.321 e. The monoisotopic (exact) mass is 355 g/mol. The van der Waals surface area contributed by atoms with Crippen molar-refractivity contribution in [2.24, 2.45) is 11.7 Å². The minimum absolute atomic E-state index is 0.192. The highest BCUT2D eigenvalue weighted by Gasteiger charge is 2.26. The molecule has 0 bridgehead atoms. The topological polar surface area (TPSA) is 93.3 Å². The molecule has 0 radical (unpaired) electrons. The van der Waals surface area contributed by atoms with Crippen LogP contribution in [0.25, 0.3) is 0 Å². The van der Waals surface area contributed by atoms with Crippen molar-refractivity contribution >= 4 is 17.6 Å². The number of hydrogen-bond donors (Lipinski definition) is 2. The summed E-state index contributed by atoms with van der Waals surface area (Å²) in [6.45, 7) is 5.74. The van der Waals surface area contributed by atoms with Gasteiger partial charge in [-0.15, -0.1) is 0 Å². The van der Waals surface area contributed by atoms with E-state index in [4.69, 9.17) is 5.73 Å². The molecule has 26 heavy (non-hydrogen) atoms. The molecule has 0 saturated carbocycles. The lowest BCUT2D eigenvalue weighted by molar-refractivity contribution is -0.123. The van der Waals surface area contributed by atoms with Gasteiger partial charge < -0.3 is 16.0 Å². The average molecular weight is 355 g/mol. The van der Waals surface area contributed by atoms with Crippen LogP contribution in [0.15, 0.2) is 30.3 Å². The molecular formula is C19H25N5O2. The minimum atomic E-state index is -0.337. The van der Waals surface area contributed by atoms with Crippen molar-refractivity contribution in [2.75, 3.05) is 18.4 Å². The number of piperidine rings is 1. The summed E-state index contributed by atoms with van der Waals surface area (Å²) in [5.74, 6) is -0.589. The van der Waals surface area contributed by atoms with Gasteiger partial charge in [0.2, 0.25) is 5.91 Å². The number of carbonyl (C=O) groups is 2. The van der Waals surface area contributed by atoms with E-state index in [1.165, 1.54) is 0 Å². The lowest BCUT2D eigenvalue weighted by Gasteiger charge is -2.31. The number of likely N-dealkylation sites (tertiary alicyclic amines) is 1. The number of aryl methyl sites for hydroxylation is 2. The Balaban J connectivity index is 1.59. The van der Waals surface area contributed by atoms with Crippen molar-refractivity contribution in [3.05, 3.63) is 47.3 Å². The zero-order valence-electron chi connectivity index (χ0n) is 15.2. The average Bonchev–Trinajstić information content (AvgIpc) is 2.94. The van der Waals surface area contributed by atoms with Gasteiger partial charge in [-0.2, -0.15) is 5.10 Å². The molecule has 0 unspecified atom stereocenters. The van der Waals surface area contributed by atoms with E-state index in [0.29, 0.717) is 19.6 Å². The maximum atomic E-state index is 12.4. The predicted octanol–water partition coefficient (Wildman–Crippen LogP) is 2.28. The van der Waals surface area contributed by atoms with Crippen molar-refractivity contribution in [3.8, 4) is 0 Å². The van der Waals surface area contributed by atoms with Crippen LogP contribution in [0.5, 0.6) is 0 Å². The second kappa shape index (κ2) is 7.59. The molecule has 1 fully saturated rings. The number of hydrogen-bond acceptors (Lipinski definition) is 3. The molecule has 1 aliphatic heterocycles. The lowest BCUT2D eigenvalue weighted by Crippen LogP contribution is -2.45. The van der Waals surface area contributed by atoms with E-state index in [0.717, 1.165) is 35.5 Å². The standard InChI is InChI=1S/C19H25N5O2/c1-13-10-14(2)24(22-13)11-15-5-7-17(8-6-15)21-19(26)23-9-3-4-16(12-23)18(20)25/h5-8,10,16H,3-4,9,11-12H2,1-2H3,(H2,20,25)(H,21,26)/t16-/m0/s1. The van der Waals surface area contributed by atoms with Gasteiger partial charge >= 0.3 is 6.03 Å². The Kier molecular flexibility index (Phi) is 5.25. The Morgan fingerprint density at radius 2 is 2.00 bits per heavy atom. The maximum absolute atomic E-state index is 12.4. The van der Waals surface area contributed by atoms with Crippen molar-refractivity contribution in [2.45, 2.75) is 33.2 Å². The Hall–Kier alpha value is -2.83. The third kappa shape index (κ3) is 4.22. The number of carbonyl (C=O) groups excluding carboxylic acids is 2. The number of urea groups is 1. The normalized spacial score (nSPS) is 17.2. The van der Waals surface area contributed by atoms with Gasteiger partial charge in [0.15, 0.2) is 0 Å². The van der Waals surface area contributed by atoms with E-state index < -0.39 is 0 Å². The maximum Gasteiger partial charge on any atom is 0.321 e. The van der Waals surface area contributed by atoms with Crippen LogP contribution in [-0.4, -0.2) is 39.7 Å².